The number of H-pyrrole nitrogens is 1. The number of nitrogens with one attached hydrogen (secondary N) is 3. The summed E-state index contributed by atoms with van der Waals surface area (Å²) in [4.78, 5) is 19.2. The lowest BCUT2D eigenvalue weighted by Crippen LogP contribution is -2.09. The first-order valence-electron chi connectivity index (χ1n) is 8.74. The van der Waals surface area contributed by atoms with Crippen molar-refractivity contribution in [2.75, 3.05) is 17.2 Å². The number of nitrogens with zero attached hydrogens (tertiary/aromatic N) is 5. The molecule has 0 spiro atoms. The maximum absolute atomic E-state index is 11.3. The molecule has 0 atom stereocenters. The Morgan fingerprint density at radius 3 is 3.00 bits per heavy atom. The topological polar surface area (TPSA) is 127 Å². The van der Waals surface area contributed by atoms with E-state index in [0.29, 0.717) is 12.4 Å². The van der Waals surface area contributed by atoms with E-state index in [2.05, 4.69) is 30.8 Å². The van der Waals surface area contributed by atoms with Gasteiger partial charge in [0.2, 0.25) is 5.82 Å². The van der Waals surface area contributed by atoms with Gasteiger partial charge in [0, 0.05) is 42.6 Å². The fourth-order valence-corrected chi connectivity index (χ4v) is 2.85. The average Bonchev–Trinajstić information content (AvgIpc) is 3.36. The van der Waals surface area contributed by atoms with Gasteiger partial charge in [-0.3, -0.25) is 15.2 Å². The zero-order chi connectivity index (χ0) is 19.3. The van der Waals surface area contributed by atoms with Crippen molar-refractivity contribution in [2.24, 2.45) is 0 Å². The summed E-state index contributed by atoms with van der Waals surface area (Å²) in [6, 6.07) is 8.77. The quantitative estimate of drug-likeness (QED) is 0.244. The van der Waals surface area contributed by atoms with Crippen LogP contribution in [0.4, 0.5) is 23.0 Å². The van der Waals surface area contributed by atoms with Crippen molar-refractivity contribution >= 4 is 33.9 Å². The number of nitro groups is 1. The van der Waals surface area contributed by atoms with Crippen molar-refractivity contribution in [1.82, 2.24) is 24.7 Å². The molecule has 0 saturated carbocycles. The number of aromatic nitrogens is 5. The highest BCUT2D eigenvalue weighted by molar-refractivity contribution is 5.82. The molecule has 10 nitrogen and oxygen atoms in total. The molecule has 0 amide bonds. The number of hydrogen-bond donors (Lipinski definition) is 3. The van der Waals surface area contributed by atoms with Gasteiger partial charge in [0.25, 0.3) is 0 Å². The van der Waals surface area contributed by atoms with Crippen LogP contribution in [0.15, 0.2) is 55.2 Å². The molecule has 1 aromatic carbocycles. The highest BCUT2D eigenvalue weighted by Crippen LogP contribution is 2.26. The van der Waals surface area contributed by atoms with Crippen LogP contribution in [0.2, 0.25) is 0 Å². The Bertz CT molecular complexity index is 1090. The van der Waals surface area contributed by atoms with Crippen molar-refractivity contribution in [3.8, 4) is 0 Å². The third-order valence-corrected chi connectivity index (χ3v) is 4.23. The second kappa shape index (κ2) is 7.74. The molecule has 4 rings (SSSR count). The SMILES string of the molecule is O=[N+]([O-])c1ccc(Nc2ccc3[nH]ncc3c2)nc1NCCCn1ccnc1. The number of pyridine rings is 1. The van der Waals surface area contributed by atoms with Gasteiger partial charge in [-0.2, -0.15) is 5.10 Å². The number of hydrogen-bond acceptors (Lipinski definition) is 7. The lowest BCUT2D eigenvalue weighted by molar-refractivity contribution is -0.384. The van der Waals surface area contributed by atoms with E-state index < -0.39 is 4.92 Å². The first-order valence-corrected chi connectivity index (χ1v) is 8.74. The minimum atomic E-state index is -0.438. The van der Waals surface area contributed by atoms with E-state index in [-0.39, 0.29) is 11.5 Å². The van der Waals surface area contributed by atoms with Gasteiger partial charge in [-0.25, -0.2) is 9.97 Å². The van der Waals surface area contributed by atoms with E-state index in [1.54, 1.807) is 24.8 Å². The molecule has 3 N–H and O–H groups in total. The average molecular weight is 378 g/mol. The zero-order valence-electron chi connectivity index (χ0n) is 14.9. The molecule has 0 radical (unpaired) electrons. The molecule has 3 heterocycles. The van der Waals surface area contributed by atoms with Crippen LogP contribution in [0.5, 0.6) is 0 Å². The first-order chi connectivity index (χ1) is 13.7. The standard InChI is InChI=1S/C18H18N8O2/c27-26(28)16-4-5-17(22-14-2-3-15-13(10-14)11-21-24-15)23-18(16)20-6-1-8-25-9-7-19-12-25/h2-5,7,9-12H,1,6,8H2,(H,21,24)(H2,20,22,23). The van der Waals surface area contributed by atoms with Crippen LogP contribution in [-0.4, -0.2) is 36.2 Å². The number of rotatable bonds is 8. The van der Waals surface area contributed by atoms with Gasteiger partial charge < -0.3 is 15.2 Å². The van der Waals surface area contributed by atoms with Crippen molar-refractivity contribution < 1.29 is 4.92 Å². The summed E-state index contributed by atoms with van der Waals surface area (Å²) in [6.45, 7) is 1.32. The molecule has 0 aliphatic rings. The highest BCUT2D eigenvalue weighted by atomic mass is 16.6. The van der Waals surface area contributed by atoms with Crippen molar-refractivity contribution in [2.45, 2.75) is 13.0 Å². The van der Waals surface area contributed by atoms with Crippen molar-refractivity contribution in [3.05, 3.63) is 65.4 Å². The van der Waals surface area contributed by atoms with Crippen LogP contribution in [-0.2, 0) is 6.54 Å². The molecule has 3 aromatic heterocycles. The van der Waals surface area contributed by atoms with E-state index >= 15 is 0 Å². The maximum Gasteiger partial charge on any atom is 0.311 e. The summed E-state index contributed by atoms with van der Waals surface area (Å²) >= 11 is 0. The minimum absolute atomic E-state index is 0.0570. The molecular weight excluding hydrogens is 360 g/mol. The van der Waals surface area contributed by atoms with Gasteiger partial charge in [0.05, 0.1) is 23.0 Å². The Morgan fingerprint density at radius 2 is 2.18 bits per heavy atom. The number of imidazole rings is 1. The number of aryl methyl sites for hydroxylation is 1. The third-order valence-electron chi connectivity index (χ3n) is 4.23. The summed E-state index contributed by atoms with van der Waals surface area (Å²) in [5.41, 5.74) is 1.70. The molecule has 28 heavy (non-hydrogen) atoms. The largest absolute Gasteiger partial charge is 0.364 e. The monoisotopic (exact) mass is 378 g/mol. The number of aromatic amines is 1. The Balaban J connectivity index is 1.47. The van der Waals surface area contributed by atoms with Crippen molar-refractivity contribution in [1.29, 1.82) is 0 Å². The second-order valence-corrected chi connectivity index (χ2v) is 6.20. The molecular formula is C18H18N8O2. The molecule has 0 saturated heterocycles. The molecule has 0 aliphatic heterocycles. The predicted molar refractivity (Wildman–Crippen MR) is 106 cm³/mol. The fraction of sp³-hybridized carbons (Fsp3) is 0.167. The van der Waals surface area contributed by atoms with Crippen LogP contribution in [0.25, 0.3) is 10.9 Å². The van der Waals surface area contributed by atoms with Crippen molar-refractivity contribution in [3.63, 3.8) is 0 Å². The van der Waals surface area contributed by atoms with Crippen LogP contribution >= 0.6 is 0 Å². The summed E-state index contributed by atoms with van der Waals surface area (Å²) in [6.07, 6.45) is 7.85. The van der Waals surface area contributed by atoms with Crippen LogP contribution < -0.4 is 10.6 Å². The summed E-state index contributed by atoms with van der Waals surface area (Å²) < 4.78 is 1.95. The molecule has 10 heteroatoms. The van der Waals surface area contributed by atoms with Gasteiger partial charge in [0.15, 0.2) is 0 Å². The van der Waals surface area contributed by atoms with E-state index in [4.69, 9.17) is 0 Å². The molecule has 0 aliphatic carbocycles. The van der Waals surface area contributed by atoms with E-state index in [1.807, 2.05) is 29.0 Å². The Hall–Kier alpha value is -3.95. The highest BCUT2D eigenvalue weighted by Gasteiger charge is 2.16. The lowest BCUT2D eigenvalue weighted by Gasteiger charge is -2.10. The molecule has 0 unspecified atom stereocenters. The van der Waals surface area contributed by atoms with Gasteiger partial charge in [-0.15, -0.1) is 0 Å². The second-order valence-electron chi connectivity index (χ2n) is 6.20. The predicted octanol–water partition coefficient (Wildman–Crippen LogP) is 3.31. The molecule has 0 bridgehead atoms. The smallest absolute Gasteiger partial charge is 0.311 e. The molecule has 4 aromatic rings. The summed E-state index contributed by atoms with van der Waals surface area (Å²) in [5.74, 6) is 0.760. The van der Waals surface area contributed by atoms with E-state index in [9.17, 15) is 10.1 Å². The van der Waals surface area contributed by atoms with Crippen LogP contribution in [0.3, 0.4) is 0 Å². The normalized spacial score (nSPS) is 10.9. The van der Waals surface area contributed by atoms with E-state index in [1.165, 1.54) is 6.07 Å². The van der Waals surface area contributed by atoms with Gasteiger partial charge in [-0.1, -0.05) is 0 Å². The first kappa shape index (κ1) is 17.5. The molecule has 142 valence electrons. The zero-order valence-corrected chi connectivity index (χ0v) is 14.9. The van der Waals surface area contributed by atoms with Crippen LogP contribution in [0.1, 0.15) is 6.42 Å². The Morgan fingerprint density at radius 1 is 1.25 bits per heavy atom. The minimum Gasteiger partial charge on any atom is -0.364 e. The third kappa shape index (κ3) is 3.90. The summed E-state index contributed by atoms with van der Waals surface area (Å²) in [5, 5.41) is 25.4. The number of benzene rings is 1. The van der Waals surface area contributed by atoms with Gasteiger partial charge in [0.1, 0.15) is 5.82 Å². The number of anilines is 3. The number of fused-ring (bicyclic) bond motifs is 1. The maximum atomic E-state index is 11.3. The Kier molecular flexibility index (Phi) is 4.83. The summed E-state index contributed by atoms with van der Waals surface area (Å²) in [7, 11) is 0. The fourth-order valence-electron chi connectivity index (χ4n) is 2.85. The van der Waals surface area contributed by atoms with Crippen LogP contribution in [0, 0.1) is 10.1 Å². The van der Waals surface area contributed by atoms with Gasteiger partial charge in [-0.05, 0) is 30.7 Å². The lowest BCUT2D eigenvalue weighted by atomic mass is 10.2. The van der Waals surface area contributed by atoms with Gasteiger partial charge >= 0.3 is 5.69 Å². The Labute approximate surface area is 159 Å². The van der Waals surface area contributed by atoms with E-state index in [0.717, 1.165) is 29.6 Å². The molecule has 0 fully saturated rings.